The summed E-state index contributed by atoms with van der Waals surface area (Å²) in [5.41, 5.74) is 0. The van der Waals surface area contributed by atoms with Crippen molar-refractivity contribution in [1.29, 1.82) is 0 Å². The van der Waals surface area contributed by atoms with Crippen LogP contribution in [-0.2, 0) is 28.6 Å². The van der Waals surface area contributed by atoms with E-state index in [1.54, 1.807) is 0 Å². The Labute approximate surface area is 458 Å². The van der Waals surface area contributed by atoms with E-state index in [2.05, 4.69) is 106 Å². The molecule has 1 atom stereocenters. The Hall–Kier alpha value is -3.41. The van der Waals surface area contributed by atoms with Crippen LogP contribution < -0.4 is 0 Å². The van der Waals surface area contributed by atoms with Crippen molar-refractivity contribution >= 4 is 17.9 Å². The van der Waals surface area contributed by atoms with Crippen LogP contribution in [0, 0.1) is 0 Å². The van der Waals surface area contributed by atoms with E-state index in [9.17, 15) is 14.4 Å². The minimum atomic E-state index is -0.787. The molecule has 0 saturated carbocycles. The summed E-state index contributed by atoms with van der Waals surface area (Å²) in [4.78, 5) is 38.3. The lowest BCUT2D eigenvalue weighted by molar-refractivity contribution is -0.167. The van der Waals surface area contributed by atoms with Crippen LogP contribution in [0.3, 0.4) is 0 Å². The van der Waals surface area contributed by atoms with E-state index in [1.807, 2.05) is 0 Å². The topological polar surface area (TPSA) is 78.9 Å². The highest BCUT2D eigenvalue weighted by Crippen LogP contribution is 2.16. The summed E-state index contributed by atoms with van der Waals surface area (Å²) >= 11 is 0. The molecule has 0 saturated heterocycles. The molecule has 0 aromatic rings. The lowest BCUT2D eigenvalue weighted by Crippen LogP contribution is -2.30. The van der Waals surface area contributed by atoms with E-state index >= 15 is 0 Å². The third-order valence-corrected chi connectivity index (χ3v) is 13.6. The fraction of sp³-hybridized carbons (Fsp3) is 0.750. The van der Waals surface area contributed by atoms with Gasteiger partial charge >= 0.3 is 17.9 Å². The second-order valence-corrected chi connectivity index (χ2v) is 20.9. The van der Waals surface area contributed by atoms with E-state index < -0.39 is 6.10 Å². The van der Waals surface area contributed by atoms with Gasteiger partial charge in [-0.1, -0.05) is 279 Å². The van der Waals surface area contributed by atoms with Crippen molar-refractivity contribution in [3.05, 3.63) is 85.1 Å². The minimum Gasteiger partial charge on any atom is -0.462 e. The highest BCUT2D eigenvalue weighted by atomic mass is 16.6. The molecule has 0 aliphatic rings. The molecule has 1 unspecified atom stereocenters. The zero-order valence-corrected chi connectivity index (χ0v) is 48.8. The molecule has 0 fully saturated rings. The summed E-state index contributed by atoms with van der Waals surface area (Å²) in [6.07, 6.45) is 81.5. The molecule has 0 spiro atoms. The molecule has 0 amide bonds. The molecule has 0 bridgehead atoms. The van der Waals surface area contributed by atoms with E-state index in [0.29, 0.717) is 19.3 Å². The Morgan fingerprint density at radius 1 is 0.284 bits per heavy atom. The number of unbranched alkanes of at least 4 members (excludes halogenated alkanes) is 32. The molecule has 74 heavy (non-hydrogen) atoms. The maximum Gasteiger partial charge on any atom is 0.306 e. The summed E-state index contributed by atoms with van der Waals surface area (Å²) in [5.74, 6) is -0.892. The van der Waals surface area contributed by atoms with Crippen LogP contribution in [0.1, 0.15) is 310 Å². The van der Waals surface area contributed by atoms with Crippen molar-refractivity contribution < 1.29 is 28.6 Å². The quantitative estimate of drug-likeness (QED) is 0.0261. The van der Waals surface area contributed by atoms with Gasteiger partial charge in [-0.25, -0.2) is 0 Å². The number of hydrogen-bond donors (Lipinski definition) is 0. The average molecular weight is 1030 g/mol. The van der Waals surface area contributed by atoms with Crippen LogP contribution in [0.5, 0.6) is 0 Å². The first-order chi connectivity index (χ1) is 36.5. The fourth-order valence-corrected chi connectivity index (χ4v) is 8.91. The Bertz CT molecular complexity index is 1420. The van der Waals surface area contributed by atoms with Gasteiger partial charge in [0.05, 0.1) is 0 Å². The molecule has 0 aromatic heterocycles. The zero-order chi connectivity index (χ0) is 53.6. The molecule has 0 aliphatic heterocycles. The molecule has 0 aromatic carbocycles. The average Bonchev–Trinajstić information content (AvgIpc) is 3.40. The largest absolute Gasteiger partial charge is 0.462 e. The maximum absolute atomic E-state index is 12.9. The van der Waals surface area contributed by atoms with Gasteiger partial charge < -0.3 is 14.2 Å². The molecule has 6 nitrogen and oxygen atoms in total. The van der Waals surface area contributed by atoms with Crippen molar-refractivity contribution in [2.24, 2.45) is 0 Å². The summed E-state index contributed by atoms with van der Waals surface area (Å²) in [6, 6.07) is 0. The standard InChI is InChI=1S/C68H118O6/c1-4-7-10-13-16-19-22-25-28-30-31-32-33-34-35-36-37-38-41-43-46-49-52-55-58-61-67(70)73-64-65(63-72-66(69)60-57-54-51-48-45-42-39-27-24-21-18-15-12-9-6-3)74-68(71)62-59-56-53-50-47-44-40-29-26-23-20-17-14-11-8-5-2/h7,10,16,19,25,28-29,31-32,34-35,37-38,40,65H,4-6,8-9,11-15,17-18,20-24,26-27,30,33,36,39,41-64H2,1-3H3/b10-7-,19-16-,28-25-,32-31-,35-34-,38-37-,40-29-. The number of carbonyl (C=O) groups is 3. The van der Waals surface area contributed by atoms with Crippen molar-refractivity contribution in [2.75, 3.05) is 13.2 Å². The van der Waals surface area contributed by atoms with E-state index in [-0.39, 0.29) is 31.1 Å². The van der Waals surface area contributed by atoms with Crippen molar-refractivity contribution in [2.45, 2.75) is 316 Å². The normalized spacial score (nSPS) is 12.6. The monoisotopic (exact) mass is 1030 g/mol. The highest BCUT2D eigenvalue weighted by molar-refractivity contribution is 5.71. The molecular weight excluding hydrogens is 913 g/mol. The van der Waals surface area contributed by atoms with Crippen molar-refractivity contribution in [1.82, 2.24) is 0 Å². The molecular formula is C68H118O6. The van der Waals surface area contributed by atoms with Gasteiger partial charge in [0, 0.05) is 19.3 Å². The SMILES string of the molecule is CC/C=C\C/C=C\C/C=C\C/C=C\C/C=C\C/C=C\CCCCCCCCC(=O)OCC(COC(=O)CCCCCCCCCCCCCCCCC)OC(=O)CCCCCCC/C=C\CCCCCCCCC. The van der Waals surface area contributed by atoms with Crippen LogP contribution in [0.2, 0.25) is 0 Å². The van der Waals surface area contributed by atoms with E-state index in [4.69, 9.17) is 14.2 Å². The number of ether oxygens (including phenoxy) is 3. The molecule has 6 heteroatoms. The third kappa shape index (κ3) is 59.5. The predicted octanol–water partition coefficient (Wildman–Crippen LogP) is 21.5. The second kappa shape index (κ2) is 62.1. The van der Waals surface area contributed by atoms with Gasteiger partial charge in [-0.15, -0.1) is 0 Å². The number of allylic oxidation sites excluding steroid dienone is 14. The molecule has 0 heterocycles. The van der Waals surface area contributed by atoms with Gasteiger partial charge in [0.2, 0.25) is 0 Å². The first-order valence-corrected chi connectivity index (χ1v) is 31.6. The smallest absolute Gasteiger partial charge is 0.306 e. The lowest BCUT2D eigenvalue weighted by atomic mass is 10.0. The van der Waals surface area contributed by atoms with Crippen LogP contribution in [0.15, 0.2) is 85.1 Å². The predicted molar refractivity (Wildman–Crippen MR) is 321 cm³/mol. The van der Waals surface area contributed by atoms with Crippen LogP contribution in [0.4, 0.5) is 0 Å². The van der Waals surface area contributed by atoms with Crippen molar-refractivity contribution in [3.8, 4) is 0 Å². The summed E-state index contributed by atoms with van der Waals surface area (Å²) in [6.45, 7) is 6.54. The van der Waals surface area contributed by atoms with Crippen molar-refractivity contribution in [3.63, 3.8) is 0 Å². The van der Waals surface area contributed by atoms with Crippen LogP contribution in [0.25, 0.3) is 0 Å². The number of esters is 3. The third-order valence-electron chi connectivity index (χ3n) is 13.6. The second-order valence-electron chi connectivity index (χ2n) is 20.9. The zero-order valence-electron chi connectivity index (χ0n) is 48.8. The molecule has 0 radical (unpaired) electrons. The van der Waals surface area contributed by atoms with Gasteiger partial charge in [0.25, 0.3) is 0 Å². The van der Waals surface area contributed by atoms with Gasteiger partial charge in [-0.2, -0.15) is 0 Å². The maximum atomic E-state index is 12.9. The molecule has 426 valence electrons. The van der Waals surface area contributed by atoms with Gasteiger partial charge in [-0.05, 0) is 96.3 Å². The van der Waals surface area contributed by atoms with E-state index in [1.165, 1.54) is 148 Å². The number of hydrogen-bond acceptors (Lipinski definition) is 6. The Morgan fingerprint density at radius 2 is 0.527 bits per heavy atom. The van der Waals surface area contributed by atoms with Crippen LogP contribution in [-0.4, -0.2) is 37.2 Å². The van der Waals surface area contributed by atoms with Gasteiger partial charge in [0.1, 0.15) is 13.2 Å². The minimum absolute atomic E-state index is 0.0817. The molecule has 0 rings (SSSR count). The lowest BCUT2D eigenvalue weighted by Gasteiger charge is -2.18. The summed E-state index contributed by atoms with van der Waals surface area (Å²) in [5, 5.41) is 0. The fourth-order valence-electron chi connectivity index (χ4n) is 8.91. The number of rotatable bonds is 57. The van der Waals surface area contributed by atoms with Crippen LogP contribution >= 0.6 is 0 Å². The molecule has 0 aliphatic carbocycles. The van der Waals surface area contributed by atoms with Gasteiger partial charge in [0.15, 0.2) is 6.10 Å². The Morgan fingerprint density at radius 3 is 0.838 bits per heavy atom. The first kappa shape index (κ1) is 70.6. The Balaban J connectivity index is 4.37. The Kier molecular flexibility index (Phi) is 59.3. The first-order valence-electron chi connectivity index (χ1n) is 31.6. The van der Waals surface area contributed by atoms with Gasteiger partial charge in [-0.3, -0.25) is 14.4 Å². The highest BCUT2D eigenvalue weighted by Gasteiger charge is 2.19. The summed E-state index contributed by atoms with van der Waals surface area (Å²) in [7, 11) is 0. The van der Waals surface area contributed by atoms with E-state index in [0.717, 1.165) is 122 Å². The number of carbonyl (C=O) groups excluding carboxylic acids is 3. The summed E-state index contributed by atoms with van der Waals surface area (Å²) < 4.78 is 16.9. The molecule has 0 N–H and O–H groups in total.